The van der Waals surface area contributed by atoms with E-state index in [0.717, 1.165) is 13.1 Å². The molecule has 0 bridgehead atoms. The molecule has 0 heterocycles. The van der Waals surface area contributed by atoms with Crippen molar-refractivity contribution in [1.29, 1.82) is 0 Å². The number of halogens is 2. The average Bonchev–Trinajstić information content (AvgIpc) is 2.50. The first kappa shape index (κ1) is 18.4. The summed E-state index contributed by atoms with van der Waals surface area (Å²) in [4.78, 5) is 2.20. The van der Waals surface area contributed by atoms with Gasteiger partial charge in [0.05, 0.1) is 0 Å². The van der Waals surface area contributed by atoms with Gasteiger partial charge in [0, 0.05) is 26.2 Å². The van der Waals surface area contributed by atoms with Crippen LogP contribution in [0.3, 0.4) is 0 Å². The minimum Gasteiger partial charge on any atom is -0.489 e. The van der Waals surface area contributed by atoms with Crippen molar-refractivity contribution >= 4 is 12.4 Å². The van der Waals surface area contributed by atoms with E-state index in [0.29, 0.717) is 25.4 Å². The number of rotatable bonds is 8. The molecule has 0 unspecified atom stereocenters. The largest absolute Gasteiger partial charge is 0.489 e. The van der Waals surface area contributed by atoms with E-state index in [-0.39, 0.29) is 18.2 Å². The predicted octanol–water partition coefficient (Wildman–Crippen LogP) is 3.09. The lowest BCUT2D eigenvalue weighted by atomic mass is 10.2. The number of benzene rings is 2. The van der Waals surface area contributed by atoms with Gasteiger partial charge in [0.1, 0.15) is 6.61 Å². The Morgan fingerprint density at radius 1 is 0.955 bits per heavy atom. The predicted molar refractivity (Wildman–Crippen MR) is 89.9 cm³/mol. The number of ether oxygens (including phenoxy) is 1. The Hall–Kier alpha value is -1.62. The van der Waals surface area contributed by atoms with E-state index in [1.165, 1.54) is 11.6 Å². The number of para-hydroxylation sites is 1. The fourth-order valence-corrected chi connectivity index (χ4v) is 2.14. The van der Waals surface area contributed by atoms with E-state index in [2.05, 4.69) is 17.0 Å². The molecule has 0 aliphatic rings. The first-order valence-electron chi connectivity index (χ1n) is 7.13. The van der Waals surface area contributed by atoms with Crippen molar-refractivity contribution in [2.75, 3.05) is 26.2 Å². The Balaban J connectivity index is 0.00000242. The lowest BCUT2D eigenvalue weighted by Crippen LogP contribution is -2.32. The van der Waals surface area contributed by atoms with Crippen LogP contribution >= 0.6 is 12.4 Å². The first-order chi connectivity index (χ1) is 10.3. The monoisotopic (exact) mass is 324 g/mol. The van der Waals surface area contributed by atoms with Gasteiger partial charge < -0.3 is 10.5 Å². The second-order valence-electron chi connectivity index (χ2n) is 4.83. The van der Waals surface area contributed by atoms with Crippen molar-refractivity contribution in [3.05, 3.63) is 66.0 Å². The number of hydrogen-bond donors (Lipinski definition) is 1. The molecule has 120 valence electrons. The highest BCUT2D eigenvalue weighted by atomic mass is 35.5. The Kier molecular flexibility index (Phi) is 8.51. The van der Waals surface area contributed by atoms with Gasteiger partial charge >= 0.3 is 0 Å². The highest BCUT2D eigenvalue weighted by molar-refractivity contribution is 5.85. The number of hydrogen-bond acceptors (Lipinski definition) is 3. The van der Waals surface area contributed by atoms with E-state index < -0.39 is 0 Å². The summed E-state index contributed by atoms with van der Waals surface area (Å²) >= 11 is 0. The Morgan fingerprint density at radius 3 is 2.32 bits per heavy atom. The molecular weight excluding hydrogens is 303 g/mol. The average molecular weight is 325 g/mol. The van der Waals surface area contributed by atoms with Gasteiger partial charge in [-0.05, 0) is 17.7 Å². The van der Waals surface area contributed by atoms with E-state index in [1.807, 2.05) is 18.2 Å². The van der Waals surface area contributed by atoms with Crippen molar-refractivity contribution < 1.29 is 9.13 Å². The Labute approximate surface area is 137 Å². The summed E-state index contributed by atoms with van der Waals surface area (Å²) in [7, 11) is 0. The fourth-order valence-electron chi connectivity index (χ4n) is 2.14. The molecule has 2 aromatic rings. The molecule has 0 saturated carbocycles. The molecule has 3 nitrogen and oxygen atoms in total. The molecule has 0 aliphatic heterocycles. The third-order valence-electron chi connectivity index (χ3n) is 3.20. The minimum absolute atomic E-state index is 0. The van der Waals surface area contributed by atoms with Gasteiger partial charge in [0.2, 0.25) is 0 Å². The molecule has 5 heteroatoms. The lowest BCUT2D eigenvalue weighted by Gasteiger charge is -2.21. The van der Waals surface area contributed by atoms with E-state index >= 15 is 0 Å². The zero-order valence-electron chi connectivity index (χ0n) is 12.5. The molecule has 0 radical (unpaired) electrons. The topological polar surface area (TPSA) is 38.5 Å². The molecular formula is C17H22ClFN2O. The van der Waals surface area contributed by atoms with E-state index in [4.69, 9.17) is 10.5 Å². The molecule has 0 amide bonds. The second-order valence-corrected chi connectivity index (χ2v) is 4.83. The van der Waals surface area contributed by atoms with Crippen LogP contribution in [0.5, 0.6) is 5.75 Å². The molecule has 0 spiro atoms. The number of nitrogens with two attached hydrogens (primary N) is 1. The number of nitrogens with zero attached hydrogens (tertiary/aromatic N) is 1. The molecule has 2 rings (SSSR count). The quantitative estimate of drug-likeness (QED) is 0.811. The maximum Gasteiger partial charge on any atom is 0.165 e. The third-order valence-corrected chi connectivity index (χ3v) is 3.20. The molecule has 2 N–H and O–H groups in total. The van der Waals surface area contributed by atoms with Gasteiger partial charge in [-0.1, -0.05) is 42.5 Å². The fraction of sp³-hybridized carbons (Fsp3) is 0.294. The zero-order chi connectivity index (χ0) is 14.9. The molecule has 22 heavy (non-hydrogen) atoms. The smallest absolute Gasteiger partial charge is 0.165 e. The van der Waals surface area contributed by atoms with Crippen molar-refractivity contribution in [2.45, 2.75) is 6.54 Å². The molecule has 0 atom stereocenters. The molecule has 2 aromatic carbocycles. The maximum absolute atomic E-state index is 13.5. The van der Waals surface area contributed by atoms with E-state index in [1.54, 1.807) is 18.2 Å². The molecule has 0 aromatic heterocycles. The summed E-state index contributed by atoms with van der Waals surface area (Å²) in [6.45, 7) is 3.34. The maximum atomic E-state index is 13.5. The zero-order valence-corrected chi connectivity index (χ0v) is 13.3. The van der Waals surface area contributed by atoms with Crippen LogP contribution in [0.2, 0.25) is 0 Å². The van der Waals surface area contributed by atoms with Crippen LogP contribution in [0.25, 0.3) is 0 Å². The normalized spacial score (nSPS) is 10.3. The van der Waals surface area contributed by atoms with Crippen molar-refractivity contribution in [3.8, 4) is 5.75 Å². The molecule has 0 aliphatic carbocycles. The van der Waals surface area contributed by atoms with Crippen LogP contribution in [0, 0.1) is 5.82 Å². The lowest BCUT2D eigenvalue weighted by molar-refractivity contribution is 0.202. The van der Waals surface area contributed by atoms with Crippen LogP contribution in [0.15, 0.2) is 54.6 Å². The first-order valence-corrected chi connectivity index (χ1v) is 7.13. The summed E-state index contributed by atoms with van der Waals surface area (Å²) in [6.07, 6.45) is 0. The van der Waals surface area contributed by atoms with Gasteiger partial charge in [0.25, 0.3) is 0 Å². The minimum atomic E-state index is -0.328. The third kappa shape index (κ3) is 6.02. The Morgan fingerprint density at radius 2 is 1.64 bits per heavy atom. The molecule has 0 saturated heterocycles. The highest BCUT2D eigenvalue weighted by Crippen LogP contribution is 2.15. The van der Waals surface area contributed by atoms with Crippen LogP contribution in [0.1, 0.15) is 5.56 Å². The van der Waals surface area contributed by atoms with Gasteiger partial charge in [-0.25, -0.2) is 4.39 Å². The van der Waals surface area contributed by atoms with Gasteiger partial charge in [-0.3, -0.25) is 4.90 Å². The van der Waals surface area contributed by atoms with Gasteiger partial charge in [-0.15, -0.1) is 12.4 Å². The van der Waals surface area contributed by atoms with Crippen molar-refractivity contribution in [2.24, 2.45) is 5.73 Å². The summed E-state index contributed by atoms with van der Waals surface area (Å²) in [5, 5.41) is 0. The summed E-state index contributed by atoms with van der Waals surface area (Å²) in [5.74, 6) is -0.0316. The second kappa shape index (κ2) is 10.2. The van der Waals surface area contributed by atoms with Crippen LogP contribution in [-0.2, 0) is 6.54 Å². The summed E-state index contributed by atoms with van der Waals surface area (Å²) in [6, 6.07) is 16.7. The van der Waals surface area contributed by atoms with Gasteiger partial charge in [0.15, 0.2) is 11.6 Å². The van der Waals surface area contributed by atoms with Gasteiger partial charge in [-0.2, -0.15) is 0 Å². The Bertz CT molecular complexity index is 539. The van der Waals surface area contributed by atoms with Crippen LogP contribution in [0.4, 0.5) is 4.39 Å². The van der Waals surface area contributed by atoms with Crippen molar-refractivity contribution in [1.82, 2.24) is 4.90 Å². The van der Waals surface area contributed by atoms with Crippen LogP contribution in [-0.4, -0.2) is 31.1 Å². The van der Waals surface area contributed by atoms with Crippen molar-refractivity contribution in [3.63, 3.8) is 0 Å². The molecule has 0 fully saturated rings. The summed E-state index contributed by atoms with van der Waals surface area (Å²) in [5.41, 5.74) is 6.88. The van der Waals surface area contributed by atoms with E-state index in [9.17, 15) is 4.39 Å². The SMILES string of the molecule is Cl.NCCN(CCOc1ccccc1F)Cc1ccccc1. The highest BCUT2D eigenvalue weighted by Gasteiger charge is 2.07. The standard InChI is InChI=1S/C17H21FN2O.ClH/c18-16-8-4-5-9-17(16)21-13-12-20(11-10-19)14-15-6-2-1-3-7-15;/h1-9H,10-14,19H2;1H. The summed E-state index contributed by atoms with van der Waals surface area (Å²) < 4.78 is 18.9. The van der Waals surface area contributed by atoms with Crippen LogP contribution < -0.4 is 10.5 Å².